The van der Waals surface area contributed by atoms with Crippen LogP contribution in [0.2, 0.25) is 0 Å². The molecular formula is C14H24N2OS. The van der Waals surface area contributed by atoms with Crippen molar-refractivity contribution in [3.05, 3.63) is 21.9 Å². The van der Waals surface area contributed by atoms with Crippen molar-refractivity contribution in [2.45, 2.75) is 45.4 Å². The predicted octanol–water partition coefficient (Wildman–Crippen LogP) is 2.15. The number of rotatable bonds is 3. The van der Waals surface area contributed by atoms with Crippen LogP contribution in [-0.2, 0) is 0 Å². The highest BCUT2D eigenvalue weighted by atomic mass is 32.1. The lowest BCUT2D eigenvalue weighted by molar-refractivity contribution is 0.0133. The van der Waals surface area contributed by atoms with Gasteiger partial charge >= 0.3 is 0 Å². The summed E-state index contributed by atoms with van der Waals surface area (Å²) in [5.41, 5.74) is 6.19. The van der Waals surface area contributed by atoms with Crippen LogP contribution in [0.15, 0.2) is 12.1 Å². The fourth-order valence-electron chi connectivity index (χ4n) is 2.80. The van der Waals surface area contributed by atoms with E-state index in [9.17, 15) is 5.11 Å². The third kappa shape index (κ3) is 2.94. The summed E-state index contributed by atoms with van der Waals surface area (Å²) in [5.74, 6) is 0.334. The summed E-state index contributed by atoms with van der Waals surface area (Å²) in [7, 11) is 0. The Hall–Kier alpha value is -0.420. The van der Waals surface area contributed by atoms with Crippen molar-refractivity contribution in [2.75, 3.05) is 13.1 Å². The number of hydrogen-bond acceptors (Lipinski definition) is 4. The summed E-state index contributed by atoms with van der Waals surface area (Å²) in [4.78, 5) is 5.12. The van der Waals surface area contributed by atoms with E-state index in [1.807, 2.05) is 11.3 Å². The van der Waals surface area contributed by atoms with E-state index in [4.69, 9.17) is 5.73 Å². The smallest absolute Gasteiger partial charge is 0.0590 e. The standard InChI is InChI=1S/C14H24N2OS/c1-9-8-16(7-6-12(9)17)14(11(3)15)13-5-4-10(2)18-13/h4-5,9,11-12,14,17H,6-8,15H2,1-3H3. The van der Waals surface area contributed by atoms with Crippen molar-refractivity contribution in [1.82, 2.24) is 4.90 Å². The molecule has 1 aromatic heterocycles. The zero-order chi connectivity index (χ0) is 13.3. The van der Waals surface area contributed by atoms with E-state index in [1.54, 1.807) is 0 Å². The van der Waals surface area contributed by atoms with Crippen LogP contribution in [-0.4, -0.2) is 35.2 Å². The second-order valence-electron chi connectivity index (χ2n) is 5.58. The molecule has 0 aromatic carbocycles. The fraction of sp³-hybridized carbons (Fsp3) is 0.714. The molecule has 0 amide bonds. The summed E-state index contributed by atoms with van der Waals surface area (Å²) < 4.78 is 0. The van der Waals surface area contributed by atoms with Gasteiger partial charge in [-0.2, -0.15) is 0 Å². The molecule has 1 aliphatic rings. The van der Waals surface area contributed by atoms with Crippen LogP contribution in [0.4, 0.5) is 0 Å². The molecule has 4 atom stereocenters. The summed E-state index contributed by atoms with van der Waals surface area (Å²) >= 11 is 1.84. The lowest BCUT2D eigenvalue weighted by Gasteiger charge is -2.40. The maximum Gasteiger partial charge on any atom is 0.0590 e. The number of aryl methyl sites for hydroxylation is 1. The molecule has 102 valence electrons. The van der Waals surface area contributed by atoms with Gasteiger partial charge in [-0.1, -0.05) is 6.92 Å². The molecule has 3 nitrogen and oxygen atoms in total. The third-order valence-electron chi connectivity index (χ3n) is 3.84. The van der Waals surface area contributed by atoms with Crippen LogP contribution in [0.3, 0.4) is 0 Å². The van der Waals surface area contributed by atoms with Crippen molar-refractivity contribution >= 4 is 11.3 Å². The van der Waals surface area contributed by atoms with Crippen molar-refractivity contribution in [1.29, 1.82) is 0 Å². The summed E-state index contributed by atoms with van der Waals surface area (Å²) in [6.45, 7) is 8.21. The molecule has 2 rings (SSSR count). The first-order valence-corrected chi connectivity index (χ1v) is 7.54. The number of aliphatic hydroxyl groups is 1. The van der Waals surface area contributed by atoms with Gasteiger partial charge in [-0.05, 0) is 38.3 Å². The van der Waals surface area contributed by atoms with E-state index < -0.39 is 0 Å². The molecule has 18 heavy (non-hydrogen) atoms. The minimum atomic E-state index is -0.153. The summed E-state index contributed by atoms with van der Waals surface area (Å²) in [5, 5.41) is 9.84. The molecule has 1 aromatic rings. The summed E-state index contributed by atoms with van der Waals surface area (Å²) in [6.07, 6.45) is 0.703. The molecule has 0 saturated carbocycles. The van der Waals surface area contributed by atoms with Crippen LogP contribution in [0.25, 0.3) is 0 Å². The highest BCUT2D eigenvalue weighted by Crippen LogP contribution is 2.32. The van der Waals surface area contributed by atoms with Crippen molar-refractivity contribution in [2.24, 2.45) is 11.7 Å². The Kier molecular flexibility index (Phi) is 4.43. The zero-order valence-corrected chi connectivity index (χ0v) is 12.3. The van der Waals surface area contributed by atoms with Crippen molar-refractivity contribution in [3.8, 4) is 0 Å². The van der Waals surface area contributed by atoms with Gasteiger partial charge in [0.25, 0.3) is 0 Å². The van der Waals surface area contributed by atoms with Crippen molar-refractivity contribution < 1.29 is 5.11 Å². The highest BCUT2D eigenvalue weighted by molar-refractivity contribution is 7.12. The molecule has 1 aliphatic heterocycles. The minimum Gasteiger partial charge on any atom is -0.393 e. The normalized spacial score (nSPS) is 29.2. The second-order valence-corrected chi connectivity index (χ2v) is 6.90. The van der Waals surface area contributed by atoms with Crippen LogP contribution in [0.1, 0.15) is 36.1 Å². The monoisotopic (exact) mass is 268 g/mol. The van der Waals surface area contributed by atoms with Crippen LogP contribution < -0.4 is 5.73 Å². The predicted molar refractivity (Wildman–Crippen MR) is 76.8 cm³/mol. The third-order valence-corrected chi connectivity index (χ3v) is 4.91. The molecule has 4 unspecified atom stereocenters. The van der Waals surface area contributed by atoms with Gasteiger partial charge < -0.3 is 10.8 Å². The van der Waals surface area contributed by atoms with Gasteiger partial charge in [-0.15, -0.1) is 11.3 Å². The van der Waals surface area contributed by atoms with E-state index in [2.05, 4.69) is 37.8 Å². The quantitative estimate of drug-likeness (QED) is 0.883. The van der Waals surface area contributed by atoms with Crippen LogP contribution in [0, 0.1) is 12.8 Å². The molecular weight excluding hydrogens is 244 g/mol. The average molecular weight is 268 g/mol. The topological polar surface area (TPSA) is 49.5 Å². The largest absolute Gasteiger partial charge is 0.393 e. The lowest BCUT2D eigenvalue weighted by Crippen LogP contribution is -2.47. The SMILES string of the molecule is Cc1ccc(C(C(C)N)N2CCC(O)C(C)C2)s1. The number of nitrogens with two attached hydrogens (primary N) is 1. The molecule has 0 bridgehead atoms. The van der Waals surface area contributed by atoms with Gasteiger partial charge in [0.15, 0.2) is 0 Å². The van der Waals surface area contributed by atoms with Crippen molar-refractivity contribution in [3.63, 3.8) is 0 Å². The van der Waals surface area contributed by atoms with Gasteiger partial charge in [-0.3, -0.25) is 4.90 Å². The number of nitrogens with zero attached hydrogens (tertiary/aromatic N) is 1. The van der Waals surface area contributed by atoms with Gasteiger partial charge in [0.1, 0.15) is 0 Å². The van der Waals surface area contributed by atoms with E-state index >= 15 is 0 Å². The van der Waals surface area contributed by atoms with E-state index in [0.29, 0.717) is 12.0 Å². The van der Waals surface area contributed by atoms with E-state index in [0.717, 1.165) is 19.5 Å². The van der Waals surface area contributed by atoms with Crippen LogP contribution in [0.5, 0.6) is 0 Å². The number of hydrogen-bond donors (Lipinski definition) is 2. The number of piperidine rings is 1. The molecule has 0 spiro atoms. The Bertz CT molecular complexity index is 391. The second kappa shape index (κ2) is 5.70. The maximum atomic E-state index is 9.84. The van der Waals surface area contributed by atoms with Gasteiger partial charge in [-0.25, -0.2) is 0 Å². The van der Waals surface area contributed by atoms with E-state index in [1.165, 1.54) is 9.75 Å². The Morgan fingerprint density at radius 2 is 2.22 bits per heavy atom. The number of thiophene rings is 1. The average Bonchev–Trinajstić information content (AvgIpc) is 2.70. The van der Waals surface area contributed by atoms with Gasteiger partial charge in [0, 0.05) is 28.9 Å². The molecule has 1 saturated heterocycles. The molecule has 2 heterocycles. The Morgan fingerprint density at radius 3 is 2.72 bits per heavy atom. The lowest BCUT2D eigenvalue weighted by atomic mass is 9.94. The van der Waals surface area contributed by atoms with Gasteiger partial charge in [0.05, 0.1) is 12.1 Å². The highest BCUT2D eigenvalue weighted by Gasteiger charge is 2.32. The van der Waals surface area contributed by atoms with E-state index in [-0.39, 0.29) is 12.1 Å². The van der Waals surface area contributed by atoms with Gasteiger partial charge in [0.2, 0.25) is 0 Å². The summed E-state index contributed by atoms with van der Waals surface area (Å²) in [6, 6.07) is 4.77. The molecule has 0 aliphatic carbocycles. The molecule has 0 radical (unpaired) electrons. The zero-order valence-electron chi connectivity index (χ0n) is 11.5. The Labute approximate surface area is 114 Å². The Balaban J connectivity index is 2.16. The fourth-order valence-corrected chi connectivity index (χ4v) is 3.93. The number of likely N-dealkylation sites (tertiary alicyclic amines) is 1. The molecule has 1 fully saturated rings. The van der Waals surface area contributed by atoms with Crippen LogP contribution >= 0.6 is 11.3 Å². The first kappa shape index (κ1) is 14.0. The molecule has 4 heteroatoms. The number of aliphatic hydroxyl groups excluding tert-OH is 1. The minimum absolute atomic E-state index is 0.116. The maximum absolute atomic E-state index is 9.84. The molecule has 3 N–H and O–H groups in total. The Morgan fingerprint density at radius 1 is 1.50 bits per heavy atom. The first-order chi connectivity index (χ1) is 8.49. The first-order valence-electron chi connectivity index (χ1n) is 6.73.